The molecule has 0 spiro atoms. The van der Waals surface area contributed by atoms with Crippen LogP contribution < -0.4 is 0 Å². The smallest absolute Gasteiger partial charge is 0.163 e. The molecule has 218 valence electrons. The van der Waals surface area contributed by atoms with Gasteiger partial charge in [0, 0.05) is 16.1 Å². The third-order valence-electron chi connectivity index (χ3n) is 7.83. The molecule has 0 N–H and O–H groups in total. The van der Waals surface area contributed by atoms with Crippen LogP contribution in [0.4, 0.5) is 0 Å². The molecule has 7 nitrogen and oxygen atoms in total. The molecule has 0 amide bonds. The fourth-order valence-corrected chi connectivity index (χ4v) is 6.97. The molecule has 0 radical (unpaired) electrons. The van der Waals surface area contributed by atoms with Crippen LogP contribution in [-0.4, -0.2) is 56.2 Å². The molecule has 9 heteroatoms. The van der Waals surface area contributed by atoms with Crippen molar-refractivity contribution in [1.82, 2.24) is 24.6 Å². The number of ether oxygens (including phenoxy) is 1. The van der Waals surface area contributed by atoms with Gasteiger partial charge < -0.3 is 9.64 Å². The molecule has 42 heavy (non-hydrogen) atoms. The number of rotatable bonds is 6. The van der Waals surface area contributed by atoms with Gasteiger partial charge in [0.05, 0.1) is 33.8 Å². The fraction of sp³-hybridized carbons (Fsp3) is 0.394. The Kier molecular flexibility index (Phi) is 7.68. The summed E-state index contributed by atoms with van der Waals surface area (Å²) in [5, 5.41) is 6.33. The van der Waals surface area contributed by atoms with Crippen molar-refractivity contribution in [2.45, 2.75) is 65.2 Å². The van der Waals surface area contributed by atoms with Crippen LogP contribution >= 0.6 is 22.9 Å². The number of nitrogens with zero attached hydrogens (tertiary/aromatic N) is 5. The van der Waals surface area contributed by atoms with E-state index >= 15 is 0 Å². The van der Waals surface area contributed by atoms with Crippen LogP contribution in [0.2, 0.25) is 5.02 Å². The Bertz CT molecular complexity index is 1780. The van der Waals surface area contributed by atoms with E-state index in [1.54, 1.807) is 18.3 Å². The van der Waals surface area contributed by atoms with E-state index in [1.807, 2.05) is 64.1 Å². The standard InChI is InChI=1S/C33H36ClN5O2S/c1-19-17-26-31(29(21-7-9-22(34)10-8-21)28(19)30(20(2)40)41-33(3,4)5)42-32(36-26)25-12-11-24-27(35-25)18-39(37-24)23-13-15-38(6)16-14-23/h7-12,17-18,23,30H,13-16H2,1-6H3/t30-/m1/s1. The van der Waals surface area contributed by atoms with E-state index in [9.17, 15) is 4.79 Å². The Morgan fingerprint density at radius 3 is 2.43 bits per heavy atom. The number of hydrogen-bond donors (Lipinski definition) is 0. The van der Waals surface area contributed by atoms with Crippen LogP contribution in [0.5, 0.6) is 0 Å². The molecule has 0 bridgehead atoms. The Morgan fingerprint density at radius 2 is 1.76 bits per heavy atom. The third kappa shape index (κ3) is 5.73. The summed E-state index contributed by atoms with van der Waals surface area (Å²) in [6, 6.07) is 14.2. The molecule has 0 unspecified atom stereocenters. The highest BCUT2D eigenvalue weighted by molar-refractivity contribution is 7.22. The maximum absolute atomic E-state index is 13.1. The SMILES string of the molecule is CC(=O)[C@@H](OC(C)(C)C)c1c(C)cc2nc(-c3ccc4nn(C5CCN(C)CC5)cc4n3)sc2c1-c1ccc(Cl)cc1. The number of aromatic nitrogens is 4. The zero-order valence-corrected chi connectivity index (χ0v) is 26.5. The monoisotopic (exact) mass is 601 g/mol. The second-order valence-corrected chi connectivity index (χ2v) is 13.8. The molecule has 1 aliphatic rings. The summed E-state index contributed by atoms with van der Waals surface area (Å²) in [4.78, 5) is 25.5. The number of carbonyl (C=O) groups is 1. The molecule has 0 aliphatic carbocycles. The zero-order valence-electron chi connectivity index (χ0n) is 24.9. The molecular weight excluding hydrogens is 566 g/mol. The van der Waals surface area contributed by atoms with Gasteiger partial charge in [-0.1, -0.05) is 23.7 Å². The first-order chi connectivity index (χ1) is 20.0. The fourth-order valence-electron chi connectivity index (χ4n) is 5.75. The Labute approximate surface area is 255 Å². The van der Waals surface area contributed by atoms with Gasteiger partial charge >= 0.3 is 0 Å². The Hall–Kier alpha value is -3.17. The van der Waals surface area contributed by atoms with Gasteiger partial charge in [0.2, 0.25) is 0 Å². The maximum Gasteiger partial charge on any atom is 0.163 e. The summed E-state index contributed by atoms with van der Waals surface area (Å²) in [7, 11) is 2.17. The van der Waals surface area contributed by atoms with Crippen molar-refractivity contribution in [3.05, 3.63) is 64.8 Å². The van der Waals surface area contributed by atoms with Crippen molar-refractivity contribution in [2.75, 3.05) is 20.1 Å². The summed E-state index contributed by atoms with van der Waals surface area (Å²) >= 11 is 7.86. The lowest BCUT2D eigenvalue weighted by Gasteiger charge is -2.29. The molecule has 6 rings (SSSR count). The highest BCUT2D eigenvalue weighted by atomic mass is 35.5. The van der Waals surface area contributed by atoms with Crippen LogP contribution in [0.3, 0.4) is 0 Å². The number of fused-ring (bicyclic) bond motifs is 2. The van der Waals surface area contributed by atoms with E-state index in [-0.39, 0.29) is 5.78 Å². The van der Waals surface area contributed by atoms with Crippen LogP contribution in [0, 0.1) is 6.92 Å². The molecular formula is C33H36ClN5O2S. The number of pyridine rings is 1. The largest absolute Gasteiger partial charge is 0.360 e. The van der Waals surface area contributed by atoms with Crippen LogP contribution in [0.15, 0.2) is 48.7 Å². The number of halogens is 1. The molecule has 1 saturated heterocycles. The van der Waals surface area contributed by atoms with Crippen LogP contribution in [0.1, 0.15) is 63.8 Å². The first kappa shape index (κ1) is 28.9. The summed E-state index contributed by atoms with van der Waals surface area (Å²) in [5.74, 6) is -0.0407. The molecule has 0 saturated carbocycles. The first-order valence-corrected chi connectivity index (χ1v) is 15.6. The number of piperidine rings is 1. The minimum absolute atomic E-state index is 0.0407. The molecule has 3 aromatic heterocycles. The van der Waals surface area contributed by atoms with Crippen molar-refractivity contribution in [3.63, 3.8) is 0 Å². The van der Waals surface area contributed by atoms with E-state index in [1.165, 1.54) is 0 Å². The predicted octanol–water partition coefficient (Wildman–Crippen LogP) is 8.05. The van der Waals surface area contributed by atoms with Gasteiger partial charge in [0.1, 0.15) is 22.1 Å². The number of Topliss-reactive ketones (excluding diaryl/α,β-unsaturated/α-hetero) is 1. The first-order valence-electron chi connectivity index (χ1n) is 14.4. The van der Waals surface area contributed by atoms with E-state index in [4.69, 9.17) is 31.4 Å². The van der Waals surface area contributed by atoms with Crippen molar-refractivity contribution >= 4 is 50.0 Å². The minimum Gasteiger partial charge on any atom is -0.360 e. The predicted molar refractivity (Wildman–Crippen MR) is 171 cm³/mol. The molecule has 5 aromatic rings. The van der Waals surface area contributed by atoms with Gasteiger partial charge in [-0.2, -0.15) is 5.10 Å². The van der Waals surface area contributed by atoms with Crippen molar-refractivity contribution in [2.24, 2.45) is 0 Å². The number of carbonyl (C=O) groups excluding carboxylic acids is 1. The normalized spacial score (nSPS) is 16.0. The van der Waals surface area contributed by atoms with Crippen LogP contribution in [0.25, 0.3) is 43.1 Å². The Morgan fingerprint density at radius 1 is 1.05 bits per heavy atom. The molecule has 1 aliphatic heterocycles. The van der Waals surface area contributed by atoms with E-state index in [2.05, 4.69) is 28.9 Å². The second-order valence-electron chi connectivity index (χ2n) is 12.3. The highest BCUT2D eigenvalue weighted by Crippen LogP contribution is 2.44. The summed E-state index contributed by atoms with van der Waals surface area (Å²) in [6.45, 7) is 11.7. The van der Waals surface area contributed by atoms with Gasteiger partial charge in [0.15, 0.2) is 5.78 Å². The van der Waals surface area contributed by atoms with Crippen molar-refractivity contribution in [1.29, 1.82) is 0 Å². The topological polar surface area (TPSA) is 73.1 Å². The molecule has 1 fully saturated rings. The Balaban J connectivity index is 1.48. The maximum atomic E-state index is 13.1. The summed E-state index contributed by atoms with van der Waals surface area (Å²) in [5.41, 5.74) is 6.66. The average Bonchev–Trinajstić information content (AvgIpc) is 3.55. The van der Waals surface area contributed by atoms with Gasteiger partial charge in [-0.05, 0) is 109 Å². The lowest BCUT2D eigenvalue weighted by Crippen LogP contribution is -2.31. The van der Waals surface area contributed by atoms with Gasteiger partial charge in [-0.25, -0.2) is 9.97 Å². The quantitative estimate of drug-likeness (QED) is 0.196. The molecule has 1 atom stereocenters. The lowest BCUT2D eigenvalue weighted by atomic mass is 9.90. The number of aryl methyl sites for hydroxylation is 1. The average molecular weight is 602 g/mol. The highest BCUT2D eigenvalue weighted by Gasteiger charge is 2.30. The van der Waals surface area contributed by atoms with Crippen LogP contribution in [-0.2, 0) is 9.53 Å². The van der Waals surface area contributed by atoms with Crippen molar-refractivity contribution in [3.8, 4) is 21.8 Å². The molecule has 4 heterocycles. The van der Waals surface area contributed by atoms with Gasteiger partial charge in [-0.15, -0.1) is 11.3 Å². The summed E-state index contributed by atoms with van der Waals surface area (Å²) < 4.78 is 9.47. The van der Waals surface area contributed by atoms with Crippen molar-refractivity contribution < 1.29 is 9.53 Å². The molecule has 2 aromatic carbocycles. The van der Waals surface area contributed by atoms with E-state index < -0.39 is 11.7 Å². The summed E-state index contributed by atoms with van der Waals surface area (Å²) in [6.07, 6.45) is 3.53. The zero-order chi connectivity index (χ0) is 29.8. The number of benzene rings is 2. The number of ketones is 1. The second kappa shape index (κ2) is 11.2. The van der Waals surface area contributed by atoms with Gasteiger partial charge in [0.25, 0.3) is 0 Å². The minimum atomic E-state index is -0.717. The van der Waals surface area contributed by atoms with Gasteiger partial charge in [-0.3, -0.25) is 9.48 Å². The number of thiazole rings is 1. The van der Waals surface area contributed by atoms with E-state index in [0.717, 1.165) is 80.1 Å². The third-order valence-corrected chi connectivity index (χ3v) is 9.19. The number of hydrogen-bond acceptors (Lipinski definition) is 7. The lowest BCUT2D eigenvalue weighted by molar-refractivity contribution is -0.138. The number of likely N-dealkylation sites (tertiary alicyclic amines) is 1. The van der Waals surface area contributed by atoms with E-state index in [0.29, 0.717) is 11.1 Å².